The molecule has 1 atom stereocenters. The predicted molar refractivity (Wildman–Crippen MR) is 119 cm³/mol. The first-order valence-corrected chi connectivity index (χ1v) is 12.0. The molecule has 0 spiro atoms. The molecule has 0 amide bonds. The van der Waals surface area contributed by atoms with E-state index in [0.717, 1.165) is 5.92 Å². The van der Waals surface area contributed by atoms with E-state index >= 15 is 0 Å². The molecule has 0 saturated heterocycles. The minimum Gasteiger partial charge on any atom is -0.317 e. The molecule has 1 heteroatoms. The Hall–Kier alpha value is -0.300. The molecule has 1 N–H and O–H groups in total. The third-order valence-corrected chi connectivity index (χ3v) is 6.76. The lowest BCUT2D eigenvalue weighted by atomic mass is 9.65. The SMILES string of the molecule is C=C[C@H](CC1(CCCNCCCCCCCCC)CCCCC1)C(C)C. The number of unbranched alkanes of at least 4 members (excludes halogenated alkanes) is 6. The van der Waals surface area contributed by atoms with Gasteiger partial charge in [0, 0.05) is 0 Å². The Kier molecular flexibility index (Phi) is 13.4. The maximum atomic E-state index is 4.13. The van der Waals surface area contributed by atoms with Gasteiger partial charge < -0.3 is 5.32 Å². The van der Waals surface area contributed by atoms with Gasteiger partial charge in [-0.15, -0.1) is 6.58 Å². The molecule has 1 aliphatic carbocycles. The molecule has 1 rings (SSSR count). The first kappa shape index (κ1) is 23.7. The lowest BCUT2D eigenvalue weighted by Crippen LogP contribution is -2.29. The summed E-state index contributed by atoms with van der Waals surface area (Å²) >= 11 is 0. The van der Waals surface area contributed by atoms with Crippen molar-refractivity contribution in [2.24, 2.45) is 17.3 Å². The molecule has 1 aliphatic rings. The average molecular weight is 364 g/mol. The van der Waals surface area contributed by atoms with E-state index in [4.69, 9.17) is 0 Å². The van der Waals surface area contributed by atoms with Gasteiger partial charge in [0.2, 0.25) is 0 Å². The molecule has 1 saturated carbocycles. The molecule has 0 unspecified atom stereocenters. The van der Waals surface area contributed by atoms with E-state index in [2.05, 4.69) is 38.7 Å². The fourth-order valence-corrected chi connectivity index (χ4v) is 4.87. The third kappa shape index (κ3) is 10.1. The number of hydrogen-bond donors (Lipinski definition) is 1. The summed E-state index contributed by atoms with van der Waals surface area (Å²) in [4.78, 5) is 0. The molecule has 0 heterocycles. The smallest absolute Gasteiger partial charge is 0.00487 e. The highest BCUT2D eigenvalue weighted by atomic mass is 14.8. The standard InChI is InChI=1S/C25H49N/c1-5-7-8-9-10-11-15-20-26-21-16-19-25(17-13-12-14-18-25)22-24(6-2)23(3)4/h6,23-24,26H,2,5,7-22H2,1,3-4H3/t24-/m1/s1. The van der Waals surface area contributed by atoms with Gasteiger partial charge in [-0.2, -0.15) is 0 Å². The molecule has 1 fully saturated rings. The van der Waals surface area contributed by atoms with Crippen LogP contribution in [0.5, 0.6) is 0 Å². The van der Waals surface area contributed by atoms with Crippen LogP contribution in [0.25, 0.3) is 0 Å². The van der Waals surface area contributed by atoms with E-state index in [0.29, 0.717) is 11.3 Å². The van der Waals surface area contributed by atoms with Crippen LogP contribution in [-0.4, -0.2) is 13.1 Å². The molecular formula is C25H49N. The van der Waals surface area contributed by atoms with Gasteiger partial charge in [0.25, 0.3) is 0 Å². The minimum absolute atomic E-state index is 0.613. The van der Waals surface area contributed by atoms with Gasteiger partial charge in [0.05, 0.1) is 0 Å². The van der Waals surface area contributed by atoms with Crippen LogP contribution < -0.4 is 5.32 Å². The maximum Gasteiger partial charge on any atom is -0.00487 e. The summed E-state index contributed by atoms with van der Waals surface area (Å²) in [7, 11) is 0. The Labute approximate surface area is 165 Å². The summed E-state index contributed by atoms with van der Waals surface area (Å²) < 4.78 is 0. The zero-order chi connectivity index (χ0) is 19.1. The van der Waals surface area contributed by atoms with Crippen molar-refractivity contribution in [3.63, 3.8) is 0 Å². The van der Waals surface area contributed by atoms with Gasteiger partial charge in [-0.05, 0) is 68.9 Å². The van der Waals surface area contributed by atoms with Gasteiger partial charge in [0.15, 0.2) is 0 Å². The van der Waals surface area contributed by atoms with Gasteiger partial charge in [0.1, 0.15) is 0 Å². The van der Waals surface area contributed by atoms with Gasteiger partial charge in [-0.3, -0.25) is 0 Å². The summed E-state index contributed by atoms with van der Waals surface area (Å²) in [5.41, 5.74) is 0.613. The molecule has 0 radical (unpaired) electrons. The van der Waals surface area contributed by atoms with Crippen molar-refractivity contribution in [1.29, 1.82) is 0 Å². The molecule has 154 valence electrons. The lowest BCUT2D eigenvalue weighted by molar-refractivity contribution is 0.123. The van der Waals surface area contributed by atoms with E-state index in [1.165, 1.54) is 109 Å². The second kappa shape index (κ2) is 14.7. The lowest BCUT2D eigenvalue weighted by Gasteiger charge is -2.40. The van der Waals surface area contributed by atoms with Crippen LogP contribution in [0.15, 0.2) is 12.7 Å². The Balaban J connectivity index is 2.17. The Morgan fingerprint density at radius 3 is 2.12 bits per heavy atom. The molecule has 0 aromatic heterocycles. The first-order chi connectivity index (χ1) is 12.6. The van der Waals surface area contributed by atoms with Crippen LogP contribution in [-0.2, 0) is 0 Å². The predicted octanol–water partition coefficient (Wildman–Crippen LogP) is 7.91. The Morgan fingerprint density at radius 2 is 1.50 bits per heavy atom. The summed E-state index contributed by atoms with van der Waals surface area (Å²) in [5.74, 6) is 1.44. The molecular weight excluding hydrogens is 314 g/mol. The van der Waals surface area contributed by atoms with Gasteiger partial charge in [-0.25, -0.2) is 0 Å². The van der Waals surface area contributed by atoms with E-state index in [1.54, 1.807) is 0 Å². The number of allylic oxidation sites excluding steroid dienone is 1. The molecule has 0 bridgehead atoms. The Morgan fingerprint density at radius 1 is 0.885 bits per heavy atom. The highest BCUT2D eigenvalue weighted by Crippen LogP contribution is 2.46. The summed E-state index contributed by atoms with van der Waals surface area (Å²) in [6.45, 7) is 13.6. The van der Waals surface area contributed by atoms with Crippen LogP contribution >= 0.6 is 0 Å². The molecule has 0 aromatic carbocycles. The fourth-order valence-electron chi connectivity index (χ4n) is 4.87. The van der Waals surface area contributed by atoms with E-state index in [-0.39, 0.29) is 0 Å². The molecule has 1 nitrogen and oxygen atoms in total. The first-order valence-electron chi connectivity index (χ1n) is 12.0. The van der Waals surface area contributed by atoms with Gasteiger partial charge >= 0.3 is 0 Å². The summed E-state index contributed by atoms with van der Waals surface area (Å²) in [5, 5.41) is 3.71. The molecule has 26 heavy (non-hydrogen) atoms. The van der Waals surface area contributed by atoms with Crippen LogP contribution in [0.3, 0.4) is 0 Å². The van der Waals surface area contributed by atoms with E-state index in [9.17, 15) is 0 Å². The van der Waals surface area contributed by atoms with Gasteiger partial charge in [-0.1, -0.05) is 84.6 Å². The monoisotopic (exact) mass is 363 g/mol. The summed E-state index contributed by atoms with van der Waals surface area (Å²) in [6, 6.07) is 0. The van der Waals surface area contributed by atoms with Crippen LogP contribution in [0, 0.1) is 17.3 Å². The quantitative estimate of drug-likeness (QED) is 0.217. The highest BCUT2D eigenvalue weighted by molar-refractivity contribution is 4.91. The number of rotatable bonds is 16. The number of nitrogens with one attached hydrogen (secondary N) is 1. The topological polar surface area (TPSA) is 12.0 Å². The van der Waals surface area contributed by atoms with Crippen molar-refractivity contribution < 1.29 is 0 Å². The second-order valence-electron chi connectivity index (χ2n) is 9.38. The minimum atomic E-state index is 0.613. The zero-order valence-corrected chi connectivity index (χ0v) is 18.5. The van der Waals surface area contributed by atoms with Crippen molar-refractivity contribution in [1.82, 2.24) is 5.32 Å². The summed E-state index contributed by atoms with van der Waals surface area (Å²) in [6.07, 6.45) is 23.5. The largest absolute Gasteiger partial charge is 0.317 e. The van der Waals surface area contributed by atoms with Crippen molar-refractivity contribution >= 4 is 0 Å². The molecule has 0 aliphatic heterocycles. The second-order valence-corrected chi connectivity index (χ2v) is 9.38. The van der Waals surface area contributed by atoms with Crippen molar-refractivity contribution in [2.75, 3.05) is 13.1 Å². The van der Waals surface area contributed by atoms with Crippen molar-refractivity contribution in [3.8, 4) is 0 Å². The highest BCUT2D eigenvalue weighted by Gasteiger charge is 2.33. The van der Waals surface area contributed by atoms with Crippen LogP contribution in [0.2, 0.25) is 0 Å². The normalized spacial score (nSPS) is 18.2. The van der Waals surface area contributed by atoms with E-state index in [1.807, 2.05) is 0 Å². The zero-order valence-electron chi connectivity index (χ0n) is 18.5. The van der Waals surface area contributed by atoms with E-state index < -0.39 is 0 Å². The fraction of sp³-hybridized carbons (Fsp3) is 0.920. The Bertz CT molecular complexity index is 327. The molecule has 0 aromatic rings. The third-order valence-electron chi connectivity index (χ3n) is 6.76. The van der Waals surface area contributed by atoms with Crippen molar-refractivity contribution in [2.45, 2.75) is 117 Å². The van der Waals surface area contributed by atoms with Crippen LogP contribution in [0.4, 0.5) is 0 Å². The van der Waals surface area contributed by atoms with Crippen LogP contribution in [0.1, 0.15) is 117 Å². The average Bonchev–Trinajstić information content (AvgIpc) is 2.65. The number of hydrogen-bond acceptors (Lipinski definition) is 1. The maximum absolute atomic E-state index is 4.13. The van der Waals surface area contributed by atoms with Crippen molar-refractivity contribution in [3.05, 3.63) is 12.7 Å².